The highest BCUT2D eigenvalue weighted by atomic mass is 32.2. The Morgan fingerprint density at radius 2 is 2.00 bits per heavy atom. The number of benzene rings is 1. The van der Waals surface area contributed by atoms with E-state index in [1.165, 1.54) is 11.8 Å². The molecule has 0 amide bonds. The molecule has 1 N–H and O–H groups in total. The maximum absolute atomic E-state index is 4.18. The fourth-order valence-electron chi connectivity index (χ4n) is 1.63. The van der Waals surface area contributed by atoms with Crippen molar-refractivity contribution in [2.24, 2.45) is 0 Å². The largest absolute Gasteiger partial charge is 0.376 e. The topological polar surface area (TPSA) is 24.9 Å². The van der Waals surface area contributed by atoms with Crippen molar-refractivity contribution in [1.82, 2.24) is 10.3 Å². The van der Waals surface area contributed by atoms with Gasteiger partial charge in [0.2, 0.25) is 0 Å². The Morgan fingerprint density at radius 1 is 1.22 bits per heavy atom. The van der Waals surface area contributed by atoms with Crippen molar-refractivity contribution >= 4 is 22.7 Å². The normalized spacial score (nSPS) is 21.2. The highest BCUT2D eigenvalue weighted by molar-refractivity contribution is 8.03. The van der Waals surface area contributed by atoms with Crippen LogP contribution < -0.4 is 5.32 Å². The Kier molecular flexibility index (Phi) is 4.26. The first kappa shape index (κ1) is 13.0. The number of fused-ring (bicyclic) bond motifs is 1. The van der Waals surface area contributed by atoms with Crippen LogP contribution in [0, 0.1) is 0 Å². The number of hydrogen-bond donors (Lipinski definition) is 1. The highest BCUT2D eigenvalue weighted by Crippen LogP contribution is 2.30. The van der Waals surface area contributed by atoms with Crippen LogP contribution in [-0.4, -0.2) is 9.85 Å². The molecule has 2 nitrogen and oxygen atoms in total. The molecule has 1 unspecified atom stereocenters. The second-order valence-corrected chi connectivity index (χ2v) is 5.75. The minimum atomic E-state index is 0.292. The van der Waals surface area contributed by atoms with Crippen LogP contribution in [-0.2, 0) is 0 Å². The van der Waals surface area contributed by atoms with Gasteiger partial charge >= 0.3 is 0 Å². The molecule has 94 valence electrons. The van der Waals surface area contributed by atoms with E-state index in [9.17, 15) is 0 Å². The summed E-state index contributed by atoms with van der Waals surface area (Å²) in [6.45, 7) is 4.39. The molecule has 1 atom stereocenters. The second kappa shape index (κ2) is 5.91. The molecular weight excluding hydrogens is 240 g/mol. The Hall–Kier alpha value is -1.48. The van der Waals surface area contributed by atoms with Gasteiger partial charge in [-0.15, -0.1) is 11.8 Å². The highest BCUT2D eigenvalue weighted by Gasteiger charge is 2.21. The minimum Gasteiger partial charge on any atom is -0.376 e. The van der Waals surface area contributed by atoms with Gasteiger partial charge in [0.25, 0.3) is 0 Å². The molecule has 0 saturated heterocycles. The number of thioether (sulfide) groups is 1. The first-order chi connectivity index (χ1) is 8.73. The third-order valence-electron chi connectivity index (χ3n) is 2.97. The monoisotopic (exact) mass is 258 g/mol. The van der Waals surface area contributed by atoms with Crippen LogP contribution in [0.15, 0.2) is 54.2 Å². The summed E-state index contributed by atoms with van der Waals surface area (Å²) in [6.07, 6.45) is 4.99. The van der Waals surface area contributed by atoms with E-state index in [1.807, 2.05) is 48.4 Å². The molecule has 0 aliphatic carbocycles. The number of pyridine rings is 1. The first-order valence-electron chi connectivity index (χ1n) is 6.14. The molecule has 2 aromatic rings. The maximum Gasteiger partial charge on any atom is 0.0838 e. The number of rotatable bonds is 1. The lowest BCUT2D eigenvalue weighted by Gasteiger charge is -2.20. The third kappa shape index (κ3) is 3.26. The van der Waals surface area contributed by atoms with Crippen molar-refractivity contribution in [2.75, 3.05) is 0 Å². The zero-order chi connectivity index (χ0) is 12.8. The van der Waals surface area contributed by atoms with Gasteiger partial charge in [-0.1, -0.05) is 31.2 Å². The second-order valence-electron chi connectivity index (χ2n) is 4.35. The molecular formula is C15H18N2S. The summed E-state index contributed by atoms with van der Waals surface area (Å²) in [4.78, 5) is 4.47. The molecule has 1 aromatic heterocycles. The van der Waals surface area contributed by atoms with E-state index in [-0.39, 0.29) is 0 Å². The molecule has 3 rings (SSSR count). The number of aromatic nitrogens is 1. The van der Waals surface area contributed by atoms with Crippen LogP contribution in [0.3, 0.4) is 0 Å². The van der Waals surface area contributed by atoms with Crippen LogP contribution in [0.5, 0.6) is 0 Å². The Balaban J connectivity index is 0.000000138. The zero-order valence-corrected chi connectivity index (χ0v) is 11.6. The van der Waals surface area contributed by atoms with Gasteiger partial charge in [0.05, 0.1) is 10.4 Å². The molecule has 0 saturated carbocycles. The van der Waals surface area contributed by atoms with Crippen LogP contribution >= 0.6 is 11.8 Å². The van der Waals surface area contributed by atoms with Crippen molar-refractivity contribution in [3.05, 3.63) is 54.2 Å². The van der Waals surface area contributed by atoms with E-state index >= 15 is 0 Å². The van der Waals surface area contributed by atoms with E-state index < -0.39 is 0 Å². The summed E-state index contributed by atoms with van der Waals surface area (Å²) >= 11 is 1.85. The maximum atomic E-state index is 4.18. The Morgan fingerprint density at radius 3 is 2.61 bits per heavy atom. The lowest BCUT2D eigenvalue weighted by atomic mass is 10.2. The predicted octanol–water partition coefficient (Wildman–Crippen LogP) is 4.16. The molecule has 0 radical (unpaired) electrons. The van der Waals surface area contributed by atoms with Crippen molar-refractivity contribution in [2.45, 2.75) is 25.1 Å². The van der Waals surface area contributed by atoms with E-state index in [0.717, 1.165) is 5.52 Å². The van der Waals surface area contributed by atoms with Crippen LogP contribution in [0.25, 0.3) is 10.9 Å². The van der Waals surface area contributed by atoms with Gasteiger partial charge in [0.15, 0.2) is 0 Å². The van der Waals surface area contributed by atoms with Crippen LogP contribution in [0.2, 0.25) is 0 Å². The summed E-state index contributed by atoms with van der Waals surface area (Å²) in [6, 6.07) is 12.1. The van der Waals surface area contributed by atoms with Gasteiger partial charge in [-0.3, -0.25) is 4.98 Å². The molecule has 1 aliphatic heterocycles. The summed E-state index contributed by atoms with van der Waals surface area (Å²) in [5.74, 6) is 0. The summed E-state index contributed by atoms with van der Waals surface area (Å²) in [7, 11) is 0. The number of hydrogen-bond acceptors (Lipinski definition) is 3. The number of nitrogens with zero attached hydrogens (tertiary/aromatic N) is 1. The lowest BCUT2D eigenvalue weighted by Crippen LogP contribution is -2.30. The molecule has 1 aromatic carbocycles. The minimum absolute atomic E-state index is 0.292. The molecule has 2 heterocycles. The van der Waals surface area contributed by atoms with Crippen molar-refractivity contribution < 1.29 is 0 Å². The van der Waals surface area contributed by atoms with Gasteiger partial charge in [-0.25, -0.2) is 0 Å². The quantitative estimate of drug-likeness (QED) is 0.831. The van der Waals surface area contributed by atoms with Crippen LogP contribution in [0.4, 0.5) is 0 Å². The average Bonchev–Trinajstić information content (AvgIpc) is 2.87. The smallest absolute Gasteiger partial charge is 0.0838 e. The molecule has 0 bridgehead atoms. The summed E-state index contributed by atoms with van der Waals surface area (Å²) in [5, 5.41) is 6.56. The first-order valence-corrected chi connectivity index (χ1v) is 7.02. The molecule has 0 fully saturated rings. The summed E-state index contributed by atoms with van der Waals surface area (Å²) in [5.41, 5.74) is 1.06. The van der Waals surface area contributed by atoms with Crippen molar-refractivity contribution in [1.29, 1.82) is 0 Å². The molecule has 18 heavy (non-hydrogen) atoms. The van der Waals surface area contributed by atoms with E-state index in [0.29, 0.717) is 4.87 Å². The average molecular weight is 258 g/mol. The lowest BCUT2D eigenvalue weighted by molar-refractivity contribution is 0.572. The van der Waals surface area contributed by atoms with Gasteiger partial charge in [0, 0.05) is 17.8 Å². The van der Waals surface area contributed by atoms with Gasteiger partial charge in [-0.2, -0.15) is 0 Å². The molecule has 3 heteroatoms. The van der Waals surface area contributed by atoms with E-state index in [4.69, 9.17) is 0 Å². The fourth-order valence-corrected chi connectivity index (χ4v) is 2.37. The van der Waals surface area contributed by atoms with E-state index in [2.05, 4.69) is 41.7 Å². The number of nitrogens with one attached hydrogen (secondary N) is 1. The van der Waals surface area contributed by atoms with Gasteiger partial charge < -0.3 is 5.32 Å². The molecule has 1 aliphatic rings. The predicted molar refractivity (Wildman–Crippen MR) is 80.3 cm³/mol. The fraction of sp³-hybridized carbons (Fsp3) is 0.267. The van der Waals surface area contributed by atoms with Crippen LogP contribution in [0.1, 0.15) is 20.3 Å². The Bertz CT molecular complexity index is 463. The standard InChI is InChI=1S/C9H7N.C6H11NS/c1-2-6-9-8(4-1)5-3-7-10-9;1-3-6(2)7-4-5-8-6/h1-7H;4-5,7H,3H2,1-2H3. The molecule has 0 spiro atoms. The van der Waals surface area contributed by atoms with Crippen molar-refractivity contribution in [3.8, 4) is 0 Å². The Labute approximate surface area is 113 Å². The third-order valence-corrected chi connectivity index (χ3v) is 4.17. The van der Waals surface area contributed by atoms with Crippen molar-refractivity contribution in [3.63, 3.8) is 0 Å². The van der Waals surface area contributed by atoms with Gasteiger partial charge in [0.1, 0.15) is 0 Å². The summed E-state index contributed by atoms with van der Waals surface area (Å²) < 4.78 is 0. The number of para-hydroxylation sites is 1. The zero-order valence-electron chi connectivity index (χ0n) is 10.8. The van der Waals surface area contributed by atoms with E-state index in [1.54, 1.807) is 0 Å². The SMILES string of the molecule is CCC1(C)NC=CS1.c1ccc2ncccc2c1. The van der Waals surface area contributed by atoms with Gasteiger partial charge in [-0.05, 0) is 30.9 Å².